The highest BCUT2D eigenvalue weighted by Gasteiger charge is 2.43. The minimum atomic E-state index is -1.53. The summed E-state index contributed by atoms with van der Waals surface area (Å²) in [5, 5.41) is 0. The van der Waals surface area contributed by atoms with Crippen LogP contribution >= 0.6 is 0 Å². The molecule has 2 atom stereocenters. The van der Waals surface area contributed by atoms with Gasteiger partial charge in [-0.25, -0.2) is 13.2 Å². The topological polar surface area (TPSA) is 45.3 Å². The number of halogens is 3. The van der Waals surface area contributed by atoms with Crippen LogP contribution in [0.4, 0.5) is 13.2 Å². The summed E-state index contributed by atoms with van der Waals surface area (Å²) < 4.78 is 57.7. The third-order valence-electron chi connectivity index (χ3n) is 8.80. The molecule has 4 rings (SSSR count). The van der Waals surface area contributed by atoms with Gasteiger partial charge in [-0.2, -0.15) is 0 Å². The van der Waals surface area contributed by atoms with Crippen molar-refractivity contribution in [1.29, 1.82) is 0 Å². The van der Waals surface area contributed by atoms with Crippen molar-refractivity contribution < 1.29 is 27.4 Å². The Balaban J connectivity index is 1.37. The van der Waals surface area contributed by atoms with E-state index in [-0.39, 0.29) is 36.5 Å². The average molecular weight is 630 g/mol. The number of carbonyl (C=O) groups is 1. The summed E-state index contributed by atoms with van der Waals surface area (Å²) in [4.78, 5) is 17.7. The van der Waals surface area contributed by atoms with E-state index in [0.717, 1.165) is 54.7 Å². The first-order valence-corrected chi connectivity index (χ1v) is 16.3. The van der Waals surface area contributed by atoms with E-state index in [2.05, 4.69) is 21.9 Å². The van der Waals surface area contributed by atoms with Crippen molar-refractivity contribution >= 4 is 11.5 Å². The predicted octanol–water partition coefficient (Wildman–Crippen LogP) is 6.83. The fourth-order valence-corrected chi connectivity index (χ4v) is 6.52. The van der Waals surface area contributed by atoms with E-state index >= 15 is 13.2 Å². The number of carbonyl (C=O) groups excluding carboxylic acids is 1. The van der Waals surface area contributed by atoms with E-state index in [4.69, 9.17) is 9.47 Å². The summed E-state index contributed by atoms with van der Waals surface area (Å²) in [5.74, 6) is -1.35. The van der Waals surface area contributed by atoms with Crippen LogP contribution in [0, 0.1) is 11.6 Å². The third kappa shape index (κ3) is 9.33. The summed E-state index contributed by atoms with van der Waals surface area (Å²) >= 11 is 0. The van der Waals surface area contributed by atoms with Gasteiger partial charge >= 0.3 is 5.97 Å². The van der Waals surface area contributed by atoms with E-state index in [1.807, 2.05) is 45.0 Å². The average Bonchev–Trinajstić information content (AvgIpc) is 3.33. The van der Waals surface area contributed by atoms with Crippen molar-refractivity contribution in [3.63, 3.8) is 0 Å². The molecule has 45 heavy (non-hydrogen) atoms. The van der Waals surface area contributed by atoms with Crippen molar-refractivity contribution in [2.24, 2.45) is 0 Å². The van der Waals surface area contributed by atoms with E-state index < -0.39 is 23.3 Å². The first-order valence-electron chi connectivity index (χ1n) is 16.3. The highest BCUT2D eigenvalue weighted by molar-refractivity contribution is 5.79. The molecule has 1 aliphatic carbocycles. The Bertz CT molecular complexity index is 1320. The molecule has 0 saturated carbocycles. The Morgan fingerprint density at radius 2 is 1.69 bits per heavy atom. The number of fused-ring (bicyclic) bond motifs is 2. The lowest BCUT2D eigenvalue weighted by Gasteiger charge is -2.44. The fraction of sp³-hybridized carbons (Fsp3) is 0.583. The second-order valence-electron chi connectivity index (χ2n) is 13.2. The van der Waals surface area contributed by atoms with Gasteiger partial charge in [0.1, 0.15) is 29.7 Å². The zero-order valence-electron chi connectivity index (χ0n) is 27.8. The number of unbranched alkanes of at least 4 members (excludes halogenated alkanes) is 1. The van der Waals surface area contributed by atoms with Crippen LogP contribution in [0.25, 0.3) is 5.57 Å². The number of ether oxygens (including phenoxy) is 2. The number of nitrogens with zero attached hydrogens (tertiary/aromatic N) is 3. The molecule has 0 spiro atoms. The summed E-state index contributed by atoms with van der Waals surface area (Å²) in [6.07, 6.45) is 3.48. The summed E-state index contributed by atoms with van der Waals surface area (Å²) in [6.45, 7) is 10.7. The van der Waals surface area contributed by atoms with E-state index in [9.17, 15) is 4.79 Å². The molecule has 0 N–H and O–H groups in total. The highest BCUT2D eigenvalue weighted by Crippen LogP contribution is 2.50. The lowest BCUT2D eigenvalue weighted by molar-refractivity contribution is -0.143. The van der Waals surface area contributed by atoms with Gasteiger partial charge in [-0.3, -0.25) is 9.69 Å². The van der Waals surface area contributed by atoms with Gasteiger partial charge in [0.05, 0.1) is 12.6 Å². The van der Waals surface area contributed by atoms with Crippen molar-refractivity contribution in [3.05, 3.63) is 70.3 Å². The van der Waals surface area contributed by atoms with Gasteiger partial charge in [0, 0.05) is 56.3 Å². The molecule has 0 saturated heterocycles. The SMILES string of the molecule is CCOC(=O)CCCCN(C)CCN(C)CCOc1cc(F)c(C2C3=C(C[C@@H](C)N2CC(C)(C)F)c2ccccc2C3)c(F)c1. The maximum Gasteiger partial charge on any atom is 0.305 e. The summed E-state index contributed by atoms with van der Waals surface area (Å²) in [6, 6.07) is 9.85. The van der Waals surface area contributed by atoms with Crippen molar-refractivity contribution in [2.75, 3.05) is 60.0 Å². The van der Waals surface area contributed by atoms with Crippen molar-refractivity contribution in [2.45, 2.75) is 77.6 Å². The summed E-state index contributed by atoms with van der Waals surface area (Å²) in [7, 11) is 4.03. The van der Waals surface area contributed by atoms with Gasteiger partial charge in [-0.15, -0.1) is 0 Å². The smallest absolute Gasteiger partial charge is 0.305 e. The van der Waals surface area contributed by atoms with E-state index in [1.165, 1.54) is 26.0 Å². The Morgan fingerprint density at radius 1 is 1.02 bits per heavy atom. The number of rotatable bonds is 16. The van der Waals surface area contributed by atoms with Crippen LogP contribution in [0.2, 0.25) is 0 Å². The van der Waals surface area contributed by atoms with Crippen molar-refractivity contribution in [1.82, 2.24) is 14.7 Å². The standard InChI is InChI=1S/C36H50F3N3O3/c1-7-44-33(43)14-10-11-15-40(5)16-17-41(6)18-19-45-27-22-31(37)34(32(38)23-27)35-30-21-26-12-8-9-13-28(26)29(30)20-25(2)42(35)24-36(3,4)39/h8-9,12-13,22-23,25,35H,7,10-11,14-21,24H2,1-6H3/t25-,35?/m1/s1. The van der Waals surface area contributed by atoms with Crippen molar-refractivity contribution in [3.8, 4) is 5.75 Å². The molecule has 1 aliphatic heterocycles. The molecule has 0 bridgehead atoms. The zero-order chi connectivity index (χ0) is 32.7. The lowest BCUT2D eigenvalue weighted by Crippen LogP contribution is -2.47. The molecule has 2 aliphatic rings. The molecule has 0 aromatic heterocycles. The number of hydrogen-bond donors (Lipinski definition) is 0. The molecule has 0 fully saturated rings. The van der Waals surface area contributed by atoms with Crippen LogP contribution in [-0.4, -0.2) is 92.4 Å². The Kier molecular flexibility index (Phi) is 12.1. The molecular weight excluding hydrogens is 579 g/mol. The molecule has 0 amide bonds. The Hall–Kier alpha value is -2.88. The summed E-state index contributed by atoms with van der Waals surface area (Å²) in [5.41, 5.74) is 2.79. The number of likely N-dealkylation sites (N-methyl/N-ethyl adjacent to an activating group) is 2. The monoisotopic (exact) mass is 629 g/mol. The molecular formula is C36H50F3N3O3. The fourth-order valence-electron chi connectivity index (χ4n) is 6.52. The van der Waals surface area contributed by atoms with Gasteiger partial charge in [-0.05, 0) is 96.3 Å². The molecule has 6 nitrogen and oxygen atoms in total. The van der Waals surface area contributed by atoms with E-state index in [0.29, 0.717) is 32.4 Å². The zero-order valence-corrected chi connectivity index (χ0v) is 27.8. The van der Waals surface area contributed by atoms with E-state index in [1.54, 1.807) is 0 Å². The first kappa shape index (κ1) is 35.0. The third-order valence-corrected chi connectivity index (χ3v) is 8.80. The molecule has 2 aromatic carbocycles. The molecule has 248 valence electrons. The van der Waals surface area contributed by atoms with Crippen LogP contribution in [0.5, 0.6) is 5.75 Å². The van der Waals surface area contributed by atoms with Gasteiger partial charge in [0.25, 0.3) is 0 Å². The highest BCUT2D eigenvalue weighted by atomic mass is 19.1. The normalized spacial score (nSPS) is 18.5. The number of alkyl halides is 1. The van der Waals surface area contributed by atoms with Crippen LogP contribution in [0.3, 0.4) is 0 Å². The second kappa shape index (κ2) is 15.6. The maximum atomic E-state index is 15.9. The van der Waals surface area contributed by atoms with Crippen LogP contribution in [0.1, 0.15) is 76.1 Å². The molecule has 9 heteroatoms. The minimum Gasteiger partial charge on any atom is -0.492 e. The molecule has 2 aromatic rings. The number of hydrogen-bond acceptors (Lipinski definition) is 6. The van der Waals surface area contributed by atoms with Crippen LogP contribution in [-0.2, 0) is 16.0 Å². The predicted molar refractivity (Wildman–Crippen MR) is 173 cm³/mol. The minimum absolute atomic E-state index is 0.0409. The van der Waals surface area contributed by atoms with Gasteiger partial charge in [-0.1, -0.05) is 24.3 Å². The molecule has 1 unspecified atom stereocenters. The number of esters is 1. The Morgan fingerprint density at radius 3 is 2.36 bits per heavy atom. The van der Waals surface area contributed by atoms with Gasteiger partial charge in [0.2, 0.25) is 0 Å². The largest absolute Gasteiger partial charge is 0.492 e. The van der Waals surface area contributed by atoms with Crippen LogP contribution in [0.15, 0.2) is 42.0 Å². The molecule has 0 radical (unpaired) electrons. The maximum absolute atomic E-state index is 15.9. The van der Waals surface area contributed by atoms with Crippen LogP contribution < -0.4 is 4.74 Å². The first-order chi connectivity index (χ1) is 21.4. The Labute approximate surface area is 267 Å². The number of benzene rings is 2. The molecule has 1 heterocycles. The quantitative estimate of drug-likeness (QED) is 0.150. The van der Waals surface area contributed by atoms with Gasteiger partial charge in [0.15, 0.2) is 0 Å². The second-order valence-corrected chi connectivity index (χ2v) is 13.2. The van der Waals surface area contributed by atoms with Gasteiger partial charge < -0.3 is 19.3 Å². The lowest BCUT2D eigenvalue weighted by atomic mass is 9.84.